The van der Waals surface area contributed by atoms with Crippen LogP contribution in [0.3, 0.4) is 0 Å². The van der Waals surface area contributed by atoms with Gasteiger partial charge in [0.25, 0.3) is 0 Å². The number of aliphatic carboxylic acids is 1. The summed E-state index contributed by atoms with van der Waals surface area (Å²) in [6.45, 7) is 1.91. The molecule has 0 amide bonds. The minimum absolute atomic E-state index is 0.214. The number of likely N-dealkylation sites (tertiary alicyclic amines) is 1. The summed E-state index contributed by atoms with van der Waals surface area (Å²) in [5.74, 6) is 0.0580. The summed E-state index contributed by atoms with van der Waals surface area (Å²) in [4.78, 5) is 15.3. The molecule has 2 aromatic carbocycles. The minimum Gasteiger partial charge on any atom is -0.493 e. The summed E-state index contributed by atoms with van der Waals surface area (Å²) in [5, 5.41) is 10.4. The van der Waals surface area contributed by atoms with E-state index in [1.165, 1.54) is 16.7 Å². The van der Waals surface area contributed by atoms with Gasteiger partial charge in [0.05, 0.1) is 18.4 Å². The molecule has 2 unspecified atom stereocenters. The van der Waals surface area contributed by atoms with Gasteiger partial charge in [-0.1, -0.05) is 48.6 Å². The van der Waals surface area contributed by atoms with Crippen molar-refractivity contribution in [1.82, 2.24) is 4.90 Å². The van der Waals surface area contributed by atoms with E-state index in [1.54, 1.807) is 14.2 Å². The lowest BCUT2D eigenvalue weighted by atomic mass is 9.37. The predicted octanol–water partition coefficient (Wildman–Crippen LogP) is 3.61. The highest BCUT2D eigenvalue weighted by atomic mass is 16.6. The molecular formula is C29H31NO5. The molecule has 8 rings (SSSR count). The summed E-state index contributed by atoms with van der Waals surface area (Å²) in [6.07, 6.45) is 7.32. The first-order valence-electron chi connectivity index (χ1n) is 12.6. The van der Waals surface area contributed by atoms with Crippen LogP contribution in [0.5, 0.6) is 11.5 Å². The van der Waals surface area contributed by atoms with Crippen LogP contribution in [0.15, 0.2) is 54.6 Å². The molecule has 0 radical (unpaired) electrons. The third-order valence-electron chi connectivity index (χ3n) is 9.95. The van der Waals surface area contributed by atoms with Gasteiger partial charge >= 0.3 is 5.97 Å². The zero-order chi connectivity index (χ0) is 24.0. The van der Waals surface area contributed by atoms with Crippen molar-refractivity contribution in [1.29, 1.82) is 0 Å². The Labute approximate surface area is 205 Å². The molecule has 2 heterocycles. The van der Waals surface area contributed by atoms with E-state index in [4.69, 9.17) is 14.2 Å². The quantitative estimate of drug-likeness (QED) is 0.647. The van der Waals surface area contributed by atoms with E-state index in [9.17, 15) is 9.90 Å². The van der Waals surface area contributed by atoms with Crippen LogP contribution in [0.25, 0.3) is 0 Å². The number of piperidine rings is 1. The van der Waals surface area contributed by atoms with Crippen LogP contribution in [0, 0.1) is 11.3 Å². The third kappa shape index (κ3) is 2.40. The molecule has 2 fully saturated rings. The molecule has 2 aromatic rings. The fraction of sp³-hybridized carbons (Fsp3) is 0.483. The molecule has 4 aliphatic carbocycles. The van der Waals surface area contributed by atoms with E-state index in [0.717, 1.165) is 43.9 Å². The number of hydrogen-bond donors (Lipinski definition) is 1. The van der Waals surface area contributed by atoms with Gasteiger partial charge in [0, 0.05) is 30.7 Å². The standard InChI is InChI=1S/C29H31NO5/c1-33-21-9-8-19-16-22-27-11-12-29(34-2,20(17-27)25(31)32)26-28(27,23(19)24(21)35-26)13-15-30(22)14-10-18-6-4-3-5-7-18/h3-9,11-12,20,22,26H,10,13-17H2,1-2H3,(H,31,32)/t20-,22+,26?,27-,28+,29?/m1/s1. The summed E-state index contributed by atoms with van der Waals surface area (Å²) in [5.41, 5.74) is 2.26. The van der Waals surface area contributed by atoms with Gasteiger partial charge in [0.15, 0.2) is 11.5 Å². The van der Waals surface area contributed by atoms with Crippen LogP contribution in [0.2, 0.25) is 0 Å². The van der Waals surface area contributed by atoms with Crippen molar-refractivity contribution in [2.45, 2.75) is 48.8 Å². The van der Waals surface area contributed by atoms with Crippen molar-refractivity contribution in [3.8, 4) is 11.5 Å². The SMILES string of the molecule is COc1ccc2c3c1OC1C4(OC)C=C[C@@]5(C[C@@H]4C(=O)O)[C@H](C2)N(CCc2ccccc2)CC[C@]315. The van der Waals surface area contributed by atoms with Crippen molar-refractivity contribution in [2.24, 2.45) is 11.3 Å². The number of hydrogen-bond acceptors (Lipinski definition) is 5. The first-order valence-corrected chi connectivity index (χ1v) is 12.6. The van der Waals surface area contributed by atoms with Gasteiger partial charge in [-0.15, -0.1) is 0 Å². The number of benzene rings is 2. The fourth-order valence-electron chi connectivity index (χ4n) is 8.54. The Kier molecular flexibility index (Phi) is 4.36. The van der Waals surface area contributed by atoms with Crippen LogP contribution in [0.4, 0.5) is 0 Å². The Morgan fingerprint density at radius 1 is 1.17 bits per heavy atom. The van der Waals surface area contributed by atoms with E-state index in [0.29, 0.717) is 6.42 Å². The molecule has 1 saturated heterocycles. The Bertz CT molecular complexity index is 1240. The van der Waals surface area contributed by atoms with Crippen molar-refractivity contribution >= 4 is 5.97 Å². The first-order chi connectivity index (χ1) is 17.0. The molecule has 182 valence electrons. The summed E-state index contributed by atoms with van der Waals surface area (Å²) in [7, 11) is 3.31. The second kappa shape index (κ2) is 7.11. The predicted molar refractivity (Wildman–Crippen MR) is 130 cm³/mol. The molecule has 1 saturated carbocycles. The molecule has 6 nitrogen and oxygen atoms in total. The molecule has 35 heavy (non-hydrogen) atoms. The smallest absolute Gasteiger partial charge is 0.309 e. The van der Waals surface area contributed by atoms with Gasteiger partial charge < -0.3 is 19.3 Å². The Morgan fingerprint density at radius 3 is 2.74 bits per heavy atom. The van der Waals surface area contributed by atoms with E-state index in [1.807, 2.05) is 12.1 Å². The van der Waals surface area contributed by atoms with Crippen molar-refractivity contribution in [3.63, 3.8) is 0 Å². The second-order valence-corrected chi connectivity index (χ2v) is 10.9. The fourth-order valence-corrected chi connectivity index (χ4v) is 8.54. The number of carboxylic acids is 1. The molecule has 6 heteroatoms. The summed E-state index contributed by atoms with van der Waals surface area (Å²) >= 11 is 0. The lowest BCUT2D eigenvalue weighted by Gasteiger charge is -2.70. The van der Waals surface area contributed by atoms with Crippen LogP contribution in [-0.2, 0) is 27.8 Å². The maximum atomic E-state index is 12.7. The molecular weight excluding hydrogens is 442 g/mol. The largest absolute Gasteiger partial charge is 0.493 e. The number of methoxy groups -OCH3 is 2. The normalized spacial score (nSPS) is 37.6. The zero-order valence-electron chi connectivity index (χ0n) is 20.2. The van der Waals surface area contributed by atoms with Gasteiger partial charge in [-0.3, -0.25) is 9.69 Å². The minimum atomic E-state index is -0.997. The molecule has 2 aliphatic heterocycles. The van der Waals surface area contributed by atoms with Crippen molar-refractivity contribution in [2.75, 3.05) is 27.3 Å². The number of carbonyl (C=O) groups is 1. The van der Waals surface area contributed by atoms with E-state index >= 15 is 0 Å². The molecule has 1 N–H and O–H groups in total. The maximum Gasteiger partial charge on any atom is 0.309 e. The number of ether oxygens (including phenoxy) is 3. The van der Waals surface area contributed by atoms with Gasteiger partial charge in [-0.2, -0.15) is 0 Å². The number of fused-ring (bicyclic) bond motifs is 1. The Morgan fingerprint density at radius 2 is 2.00 bits per heavy atom. The second-order valence-electron chi connectivity index (χ2n) is 10.9. The van der Waals surface area contributed by atoms with E-state index < -0.39 is 17.5 Å². The first kappa shape index (κ1) is 21.5. The van der Waals surface area contributed by atoms with Crippen molar-refractivity contribution in [3.05, 3.63) is 71.3 Å². The topological polar surface area (TPSA) is 68.2 Å². The van der Waals surface area contributed by atoms with Gasteiger partial charge in [0.1, 0.15) is 11.7 Å². The van der Waals surface area contributed by atoms with Crippen LogP contribution < -0.4 is 9.47 Å². The highest BCUT2D eigenvalue weighted by molar-refractivity contribution is 5.76. The van der Waals surface area contributed by atoms with Crippen molar-refractivity contribution < 1.29 is 24.1 Å². The third-order valence-corrected chi connectivity index (χ3v) is 9.95. The van der Waals surface area contributed by atoms with Gasteiger partial charge in [-0.25, -0.2) is 0 Å². The molecule has 6 atom stereocenters. The molecule has 0 aromatic heterocycles. The average molecular weight is 474 g/mol. The Hall–Kier alpha value is -2.83. The molecule has 6 aliphatic rings. The van der Waals surface area contributed by atoms with Crippen LogP contribution in [0.1, 0.15) is 29.5 Å². The van der Waals surface area contributed by atoms with Gasteiger partial charge in [0.2, 0.25) is 0 Å². The van der Waals surface area contributed by atoms with Crippen LogP contribution in [-0.4, -0.2) is 61.0 Å². The summed E-state index contributed by atoms with van der Waals surface area (Å²) < 4.78 is 18.7. The van der Waals surface area contributed by atoms with Gasteiger partial charge in [-0.05, 0) is 49.4 Å². The lowest BCUT2D eigenvalue weighted by Crippen LogP contribution is -2.79. The van der Waals surface area contributed by atoms with Crippen LogP contribution >= 0.6 is 0 Å². The summed E-state index contributed by atoms with van der Waals surface area (Å²) in [6, 6.07) is 15.0. The Balaban J connectivity index is 1.40. The number of carboxylic acid groups (broad SMARTS) is 1. The molecule has 2 spiro atoms. The highest BCUT2D eigenvalue weighted by Crippen LogP contribution is 2.74. The van der Waals surface area contributed by atoms with E-state index in [2.05, 4.69) is 47.4 Å². The average Bonchev–Trinajstić information content (AvgIpc) is 3.25. The highest BCUT2D eigenvalue weighted by Gasteiger charge is 2.80. The molecule has 4 bridgehead atoms. The van der Waals surface area contributed by atoms with E-state index in [-0.39, 0.29) is 23.0 Å². The number of nitrogens with zero attached hydrogens (tertiary/aromatic N) is 1. The lowest BCUT2D eigenvalue weighted by molar-refractivity contribution is -0.221. The zero-order valence-corrected chi connectivity index (χ0v) is 20.2. The number of rotatable bonds is 6. The maximum absolute atomic E-state index is 12.7. The monoisotopic (exact) mass is 473 g/mol.